The van der Waals surface area contributed by atoms with Crippen LogP contribution in [0.2, 0.25) is 0 Å². The van der Waals surface area contributed by atoms with Crippen molar-refractivity contribution >= 4 is 5.97 Å². The second-order valence-corrected chi connectivity index (χ2v) is 8.56. The van der Waals surface area contributed by atoms with Crippen LogP contribution in [0.1, 0.15) is 82.1 Å². The zero-order valence-electron chi connectivity index (χ0n) is 15.4. The molecule has 2 heteroatoms. The van der Waals surface area contributed by atoms with Gasteiger partial charge in [0.15, 0.2) is 0 Å². The van der Waals surface area contributed by atoms with Crippen LogP contribution >= 0.6 is 0 Å². The lowest BCUT2D eigenvalue weighted by Crippen LogP contribution is -2.37. The maximum absolute atomic E-state index is 12.9. The smallest absolute Gasteiger partial charge is 0.309 e. The fraction of sp³-hybridized carbons (Fsp3) is 0.696. The molecular weight excluding hydrogens is 308 g/mol. The average Bonchev–Trinajstić information content (AvgIpc) is 3.49. The molecule has 0 spiro atoms. The van der Waals surface area contributed by atoms with Crippen LogP contribution < -0.4 is 0 Å². The van der Waals surface area contributed by atoms with E-state index in [0.29, 0.717) is 17.8 Å². The molecule has 0 aliphatic heterocycles. The van der Waals surface area contributed by atoms with E-state index in [9.17, 15) is 4.79 Å². The minimum Gasteiger partial charge on any atom is -0.462 e. The largest absolute Gasteiger partial charge is 0.462 e. The van der Waals surface area contributed by atoms with Gasteiger partial charge < -0.3 is 4.74 Å². The Labute approximate surface area is 152 Å². The third kappa shape index (κ3) is 4.10. The van der Waals surface area contributed by atoms with Gasteiger partial charge in [0.25, 0.3) is 0 Å². The predicted octanol–water partition coefficient (Wildman–Crippen LogP) is 5.86. The predicted molar refractivity (Wildman–Crippen MR) is 100 cm³/mol. The fourth-order valence-electron chi connectivity index (χ4n) is 5.25. The lowest BCUT2D eigenvalue weighted by Gasteiger charge is -2.37. The van der Waals surface area contributed by atoms with E-state index in [-0.39, 0.29) is 18.0 Å². The fourth-order valence-corrected chi connectivity index (χ4v) is 5.25. The molecule has 0 bridgehead atoms. The van der Waals surface area contributed by atoms with Crippen LogP contribution in [-0.4, -0.2) is 12.1 Å². The van der Waals surface area contributed by atoms with Crippen molar-refractivity contribution in [2.75, 3.05) is 0 Å². The van der Waals surface area contributed by atoms with Gasteiger partial charge in [-0.05, 0) is 55.4 Å². The van der Waals surface area contributed by atoms with Gasteiger partial charge in [-0.3, -0.25) is 4.79 Å². The van der Waals surface area contributed by atoms with Gasteiger partial charge >= 0.3 is 5.97 Å². The molecule has 0 aromatic heterocycles. The minimum absolute atomic E-state index is 0.0926. The molecule has 3 saturated carbocycles. The van der Waals surface area contributed by atoms with Gasteiger partial charge in [-0.25, -0.2) is 0 Å². The zero-order chi connectivity index (χ0) is 17.1. The van der Waals surface area contributed by atoms with E-state index in [1.807, 2.05) is 6.07 Å². The number of carbonyl (C=O) groups excluding carboxylic acids is 1. The molecule has 2 atom stereocenters. The van der Waals surface area contributed by atoms with E-state index in [1.165, 1.54) is 69.8 Å². The Hall–Kier alpha value is -1.31. The molecule has 0 amide bonds. The number of hydrogen-bond acceptors (Lipinski definition) is 2. The van der Waals surface area contributed by atoms with Crippen molar-refractivity contribution < 1.29 is 9.53 Å². The molecule has 3 aliphatic carbocycles. The van der Waals surface area contributed by atoms with Crippen molar-refractivity contribution in [3.63, 3.8) is 0 Å². The third-order valence-corrected chi connectivity index (χ3v) is 6.80. The Morgan fingerprint density at radius 3 is 1.96 bits per heavy atom. The highest BCUT2D eigenvalue weighted by atomic mass is 16.5. The molecular formula is C23H32O2. The summed E-state index contributed by atoms with van der Waals surface area (Å²) in [7, 11) is 0. The number of hydrogen-bond donors (Lipinski definition) is 0. The van der Waals surface area contributed by atoms with Crippen LogP contribution in [0.4, 0.5) is 0 Å². The number of benzene rings is 1. The van der Waals surface area contributed by atoms with E-state index in [4.69, 9.17) is 4.74 Å². The van der Waals surface area contributed by atoms with Crippen LogP contribution in [0.5, 0.6) is 0 Å². The Morgan fingerprint density at radius 2 is 1.40 bits per heavy atom. The summed E-state index contributed by atoms with van der Waals surface area (Å²) in [6.45, 7) is 0. The van der Waals surface area contributed by atoms with Crippen molar-refractivity contribution in [2.24, 2.45) is 17.8 Å². The van der Waals surface area contributed by atoms with Gasteiger partial charge in [-0.2, -0.15) is 0 Å². The highest BCUT2D eigenvalue weighted by Crippen LogP contribution is 2.49. The van der Waals surface area contributed by atoms with Gasteiger partial charge in [-0.1, -0.05) is 68.9 Å². The normalized spacial score (nSPS) is 28.0. The van der Waals surface area contributed by atoms with Gasteiger partial charge in [0, 0.05) is 0 Å². The maximum atomic E-state index is 12.9. The van der Waals surface area contributed by atoms with Crippen LogP contribution in [-0.2, 0) is 9.53 Å². The molecule has 4 rings (SSSR count). The Morgan fingerprint density at radius 1 is 0.840 bits per heavy atom. The molecule has 0 radical (unpaired) electrons. The van der Waals surface area contributed by atoms with E-state index < -0.39 is 0 Å². The van der Waals surface area contributed by atoms with Crippen molar-refractivity contribution in [3.8, 4) is 0 Å². The highest BCUT2D eigenvalue weighted by Gasteiger charge is 2.47. The molecule has 0 N–H and O–H groups in total. The molecule has 1 aromatic rings. The summed E-state index contributed by atoms with van der Waals surface area (Å²) in [6, 6.07) is 10.5. The Bertz CT molecular complexity index is 537. The van der Waals surface area contributed by atoms with Crippen molar-refractivity contribution in [1.29, 1.82) is 0 Å². The summed E-state index contributed by atoms with van der Waals surface area (Å²) < 4.78 is 6.27. The highest BCUT2D eigenvalue weighted by molar-refractivity contribution is 5.77. The van der Waals surface area contributed by atoms with E-state index in [0.717, 1.165) is 6.42 Å². The van der Waals surface area contributed by atoms with Crippen molar-refractivity contribution in [3.05, 3.63) is 35.9 Å². The molecule has 0 unspecified atom stereocenters. The number of ether oxygens (including phenoxy) is 1. The molecule has 3 aliphatic rings. The zero-order valence-corrected chi connectivity index (χ0v) is 15.4. The maximum Gasteiger partial charge on any atom is 0.309 e. The second kappa shape index (κ2) is 7.93. The molecule has 1 aromatic carbocycles. The molecule has 0 saturated heterocycles. The first-order valence-corrected chi connectivity index (χ1v) is 10.6. The lowest BCUT2D eigenvalue weighted by molar-refractivity contribution is -0.159. The first-order chi connectivity index (χ1) is 12.3. The number of rotatable bonds is 5. The average molecular weight is 341 g/mol. The topological polar surface area (TPSA) is 26.3 Å². The first-order valence-electron chi connectivity index (χ1n) is 10.6. The van der Waals surface area contributed by atoms with Crippen molar-refractivity contribution in [1.82, 2.24) is 0 Å². The van der Waals surface area contributed by atoms with Crippen LogP contribution in [0.3, 0.4) is 0 Å². The molecule has 25 heavy (non-hydrogen) atoms. The summed E-state index contributed by atoms with van der Waals surface area (Å²) in [5, 5.41) is 0. The summed E-state index contributed by atoms with van der Waals surface area (Å²) in [5.74, 6) is 1.84. The van der Waals surface area contributed by atoms with Gasteiger partial charge in [0.2, 0.25) is 0 Å². The Balaban J connectivity index is 1.40. The number of carbonyl (C=O) groups is 1. The van der Waals surface area contributed by atoms with Gasteiger partial charge in [0.1, 0.15) is 6.10 Å². The minimum atomic E-state index is 0.0926. The second-order valence-electron chi connectivity index (χ2n) is 8.56. The van der Waals surface area contributed by atoms with Crippen LogP contribution in [0.15, 0.2) is 30.3 Å². The first kappa shape index (κ1) is 17.1. The quantitative estimate of drug-likeness (QED) is 0.627. The third-order valence-electron chi connectivity index (χ3n) is 6.80. The summed E-state index contributed by atoms with van der Waals surface area (Å²) in [4.78, 5) is 12.9. The van der Waals surface area contributed by atoms with Crippen LogP contribution in [0.25, 0.3) is 0 Å². The van der Waals surface area contributed by atoms with Gasteiger partial charge in [-0.15, -0.1) is 0 Å². The summed E-state index contributed by atoms with van der Waals surface area (Å²) >= 11 is 0. The van der Waals surface area contributed by atoms with Gasteiger partial charge in [0.05, 0.1) is 5.92 Å². The molecule has 3 fully saturated rings. The lowest BCUT2D eigenvalue weighted by atomic mass is 9.75. The Kier molecular flexibility index (Phi) is 5.43. The number of esters is 1. The van der Waals surface area contributed by atoms with E-state index in [1.54, 1.807) is 0 Å². The van der Waals surface area contributed by atoms with E-state index >= 15 is 0 Å². The summed E-state index contributed by atoms with van der Waals surface area (Å²) in [6.07, 6.45) is 14.2. The summed E-state index contributed by atoms with van der Waals surface area (Å²) in [5.41, 5.74) is 1.30. The van der Waals surface area contributed by atoms with Crippen LogP contribution in [0, 0.1) is 17.8 Å². The molecule has 136 valence electrons. The molecule has 2 nitrogen and oxygen atoms in total. The monoisotopic (exact) mass is 340 g/mol. The standard InChI is InChI=1S/C23H32O2/c24-23(21-16-20(21)17-10-4-1-5-11-17)25-22(18-12-6-2-7-13-18)19-14-8-3-9-15-19/h1,4-5,10-11,18-22H,2-3,6-9,12-16H2/t20-,21+/m1/s1. The van der Waals surface area contributed by atoms with E-state index in [2.05, 4.69) is 24.3 Å². The SMILES string of the molecule is O=C(OC(C1CCCCC1)C1CCCCC1)[C@H]1C[C@@H]1c1ccccc1. The van der Waals surface area contributed by atoms with Crippen molar-refractivity contribution in [2.45, 2.75) is 82.7 Å². The molecule has 0 heterocycles.